The lowest BCUT2D eigenvalue weighted by Gasteiger charge is -2.40. The molecule has 63 heavy (non-hydrogen) atoms. The second kappa shape index (κ2) is 18.7. The molecule has 1 aliphatic heterocycles. The number of aliphatic hydroxyl groups is 2. The van der Waals surface area contributed by atoms with Crippen molar-refractivity contribution < 1.29 is 19.7 Å². The van der Waals surface area contributed by atoms with Crippen molar-refractivity contribution in [3.63, 3.8) is 0 Å². The fourth-order valence-corrected chi connectivity index (χ4v) is 7.30. The third kappa shape index (κ3) is 9.69. The number of benzene rings is 4. The summed E-state index contributed by atoms with van der Waals surface area (Å²) in [6, 6.07) is 44.2. The molecule has 8 aromatic rings. The van der Waals surface area contributed by atoms with E-state index in [1.165, 1.54) is 0 Å². The SMILES string of the molecule is CC(CO)(CO)c1nc(NCc2ccccn2)c2c(-c3ccccc3)cccc2n1.CC1(C)OCC(C)(c2nc(NCc3ccccn3)c3c(-c4ccccc4)cccc3n2)CO1. The molecule has 0 aliphatic carbocycles. The highest BCUT2D eigenvalue weighted by atomic mass is 16.7. The maximum Gasteiger partial charge on any atom is 0.162 e. The second-order valence-corrected chi connectivity index (χ2v) is 16.7. The average molecular weight is 841 g/mol. The van der Waals surface area contributed by atoms with Gasteiger partial charge in [-0.3, -0.25) is 9.97 Å². The summed E-state index contributed by atoms with van der Waals surface area (Å²) in [6.07, 6.45) is 3.56. The summed E-state index contributed by atoms with van der Waals surface area (Å²) in [4.78, 5) is 28.3. The number of ether oxygens (including phenoxy) is 2. The minimum atomic E-state index is -0.946. The number of fused-ring (bicyclic) bond motifs is 2. The lowest BCUT2D eigenvalue weighted by atomic mass is 9.90. The summed E-state index contributed by atoms with van der Waals surface area (Å²) in [5, 5.41) is 28.6. The van der Waals surface area contributed by atoms with E-state index in [4.69, 9.17) is 29.4 Å². The first-order valence-electron chi connectivity index (χ1n) is 21.1. The molecule has 0 bridgehead atoms. The quantitative estimate of drug-likeness (QED) is 0.0927. The van der Waals surface area contributed by atoms with E-state index in [1.807, 2.05) is 117 Å². The normalized spacial score (nSPS) is 14.4. The Balaban J connectivity index is 0.000000174. The lowest BCUT2D eigenvalue weighted by Crippen LogP contribution is -2.48. The van der Waals surface area contributed by atoms with Gasteiger partial charge in [0.05, 0.1) is 83.5 Å². The topological polar surface area (TPSA) is 160 Å². The zero-order chi connectivity index (χ0) is 43.9. The van der Waals surface area contributed by atoms with E-state index in [9.17, 15) is 10.2 Å². The molecule has 1 fully saturated rings. The first-order chi connectivity index (χ1) is 30.6. The van der Waals surface area contributed by atoms with Gasteiger partial charge in [0.15, 0.2) is 5.79 Å². The van der Waals surface area contributed by atoms with Crippen LogP contribution in [0.25, 0.3) is 44.1 Å². The molecule has 4 aromatic carbocycles. The van der Waals surface area contributed by atoms with Gasteiger partial charge in [-0.1, -0.05) is 97.1 Å². The van der Waals surface area contributed by atoms with Gasteiger partial charge in [-0.05, 0) is 86.3 Å². The van der Waals surface area contributed by atoms with E-state index < -0.39 is 16.6 Å². The molecule has 0 radical (unpaired) electrons. The molecule has 0 atom stereocenters. The van der Waals surface area contributed by atoms with Crippen LogP contribution in [0, 0.1) is 0 Å². The monoisotopic (exact) mass is 840 g/mol. The Kier molecular flexibility index (Phi) is 12.8. The summed E-state index contributed by atoms with van der Waals surface area (Å²) in [7, 11) is 0. The smallest absolute Gasteiger partial charge is 0.162 e. The molecule has 9 rings (SSSR count). The van der Waals surface area contributed by atoms with E-state index in [2.05, 4.69) is 57.9 Å². The van der Waals surface area contributed by atoms with Crippen LogP contribution in [0.3, 0.4) is 0 Å². The third-order valence-corrected chi connectivity index (χ3v) is 11.2. The number of aromatic nitrogens is 6. The molecular weight excluding hydrogens is 789 g/mol. The van der Waals surface area contributed by atoms with Crippen molar-refractivity contribution >= 4 is 33.4 Å². The van der Waals surface area contributed by atoms with Crippen molar-refractivity contribution in [1.82, 2.24) is 29.9 Å². The summed E-state index contributed by atoms with van der Waals surface area (Å²) in [5.74, 6) is 1.93. The number of hydrogen-bond acceptors (Lipinski definition) is 12. The molecule has 12 nitrogen and oxygen atoms in total. The highest BCUT2D eigenvalue weighted by Crippen LogP contribution is 2.38. The first-order valence-corrected chi connectivity index (χ1v) is 21.1. The minimum Gasteiger partial charge on any atom is -0.395 e. The van der Waals surface area contributed by atoms with Crippen molar-refractivity contribution in [1.29, 1.82) is 0 Å². The summed E-state index contributed by atoms with van der Waals surface area (Å²) >= 11 is 0. The standard InChI is InChI=1S/C27H28N4O2.C24H24N4O2/c1-26(2)32-17-27(3,18-33-26)25-30-22-14-9-13-21(19-10-5-4-6-11-19)23(22)24(31-25)29-16-20-12-7-8-15-28-20;1-24(15-29,16-30)23-27-20-12-7-11-19(17-8-3-2-4-9-17)21(20)22(28-23)26-14-18-10-5-6-13-25-18/h4-15H,16-18H2,1-3H3,(H,29,30,31);2-13,29-30H,14-16H2,1H3,(H,26,27,28). The van der Waals surface area contributed by atoms with Gasteiger partial charge < -0.3 is 30.3 Å². The summed E-state index contributed by atoms with van der Waals surface area (Å²) < 4.78 is 12.0. The highest BCUT2D eigenvalue weighted by Gasteiger charge is 2.40. The number of rotatable bonds is 12. The van der Waals surface area contributed by atoms with Gasteiger partial charge in [-0.15, -0.1) is 0 Å². The minimum absolute atomic E-state index is 0.257. The molecule has 1 saturated heterocycles. The number of nitrogens with zero attached hydrogens (tertiary/aromatic N) is 6. The number of hydrogen-bond donors (Lipinski definition) is 4. The zero-order valence-corrected chi connectivity index (χ0v) is 36.0. The number of pyridine rings is 2. The van der Waals surface area contributed by atoms with Crippen LogP contribution < -0.4 is 10.6 Å². The molecule has 12 heteroatoms. The van der Waals surface area contributed by atoms with Crippen molar-refractivity contribution in [2.45, 2.75) is 57.4 Å². The molecular formula is C51H52N8O4. The van der Waals surface area contributed by atoms with E-state index >= 15 is 0 Å². The van der Waals surface area contributed by atoms with Crippen LogP contribution >= 0.6 is 0 Å². The molecule has 0 amide bonds. The largest absolute Gasteiger partial charge is 0.395 e. The van der Waals surface area contributed by atoms with Crippen molar-refractivity contribution in [3.8, 4) is 22.3 Å². The van der Waals surface area contributed by atoms with Crippen LogP contribution in [-0.4, -0.2) is 72.3 Å². The number of nitrogens with one attached hydrogen (secondary N) is 2. The van der Waals surface area contributed by atoms with Crippen molar-refractivity contribution in [3.05, 3.63) is 169 Å². The van der Waals surface area contributed by atoms with Crippen LogP contribution in [0.5, 0.6) is 0 Å². The number of anilines is 2. The Morgan fingerprint density at radius 1 is 0.556 bits per heavy atom. The Morgan fingerprint density at radius 3 is 1.51 bits per heavy atom. The molecule has 4 N–H and O–H groups in total. The first kappa shape index (κ1) is 43.0. The fraction of sp³-hybridized carbons (Fsp3) is 0.255. The molecule has 0 unspecified atom stereocenters. The van der Waals surface area contributed by atoms with Crippen LogP contribution in [0.2, 0.25) is 0 Å². The van der Waals surface area contributed by atoms with Gasteiger partial charge in [0.25, 0.3) is 0 Å². The van der Waals surface area contributed by atoms with Gasteiger partial charge in [0.1, 0.15) is 23.3 Å². The zero-order valence-electron chi connectivity index (χ0n) is 36.0. The highest BCUT2D eigenvalue weighted by molar-refractivity contribution is 6.03. The maximum atomic E-state index is 9.87. The summed E-state index contributed by atoms with van der Waals surface area (Å²) in [6.45, 7) is 9.22. The Labute approximate surface area is 367 Å². The van der Waals surface area contributed by atoms with Crippen LogP contribution in [0.1, 0.15) is 50.7 Å². The van der Waals surface area contributed by atoms with Gasteiger partial charge in [-0.2, -0.15) is 0 Å². The molecule has 0 spiro atoms. The van der Waals surface area contributed by atoms with Gasteiger partial charge in [0.2, 0.25) is 0 Å². The fourth-order valence-electron chi connectivity index (χ4n) is 7.30. The van der Waals surface area contributed by atoms with Crippen LogP contribution in [0.4, 0.5) is 11.6 Å². The van der Waals surface area contributed by atoms with Gasteiger partial charge in [-0.25, -0.2) is 19.9 Å². The van der Waals surface area contributed by atoms with E-state index in [-0.39, 0.29) is 13.2 Å². The lowest BCUT2D eigenvalue weighted by molar-refractivity contribution is -0.267. The van der Waals surface area contributed by atoms with Crippen LogP contribution in [-0.2, 0) is 33.4 Å². The molecule has 320 valence electrons. The predicted octanol–water partition coefficient (Wildman–Crippen LogP) is 8.89. The molecule has 5 heterocycles. The van der Waals surface area contributed by atoms with Gasteiger partial charge >= 0.3 is 0 Å². The van der Waals surface area contributed by atoms with E-state index in [0.717, 1.165) is 61.3 Å². The Morgan fingerprint density at radius 2 is 1.03 bits per heavy atom. The van der Waals surface area contributed by atoms with Crippen molar-refractivity contribution in [2.24, 2.45) is 0 Å². The average Bonchev–Trinajstić information content (AvgIpc) is 3.34. The predicted molar refractivity (Wildman–Crippen MR) is 248 cm³/mol. The van der Waals surface area contributed by atoms with E-state index in [1.54, 1.807) is 19.3 Å². The molecule has 1 aliphatic rings. The van der Waals surface area contributed by atoms with Crippen LogP contribution in [0.15, 0.2) is 146 Å². The Bertz CT molecular complexity index is 2760. The maximum absolute atomic E-state index is 9.87. The second-order valence-electron chi connectivity index (χ2n) is 16.7. The van der Waals surface area contributed by atoms with Crippen molar-refractivity contribution in [2.75, 3.05) is 37.1 Å². The van der Waals surface area contributed by atoms with E-state index in [0.29, 0.717) is 43.8 Å². The summed E-state index contributed by atoms with van der Waals surface area (Å²) in [5.41, 5.74) is 6.35. The number of aliphatic hydroxyl groups excluding tert-OH is 2. The third-order valence-electron chi connectivity index (χ3n) is 11.2. The molecule has 0 saturated carbocycles. The molecule has 4 aromatic heterocycles. The Hall–Kier alpha value is -6.70. The van der Waals surface area contributed by atoms with Gasteiger partial charge in [0, 0.05) is 12.4 Å².